The highest BCUT2D eigenvalue weighted by Crippen LogP contribution is 2.08. The van der Waals surface area contributed by atoms with Crippen LogP contribution in [-0.4, -0.2) is 39.2 Å². The molecule has 1 heterocycles. The van der Waals surface area contributed by atoms with Crippen molar-refractivity contribution < 1.29 is 14.4 Å². The van der Waals surface area contributed by atoms with Gasteiger partial charge in [0.25, 0.3) is 11.7 Å². The van der Waals surface area contributed by atoms with Gasteiger partial charge in [0.15, 0.2) is 0 Å². The van der Waals surface area contributed by atoms with Crippen LogP contribution in [-0.2, 0) is 6.54 Å². The minimum Gasteiger partial charge on any atom is -0.395 e. The lowest BCUT2D eigenvalue weighted by molar-refractivity contribution is 0.0692. The highest BCUT2D eigenvalue weighted by atomic mass is 16.5. The second kappa shape index (κ2) is 6.10. The van der Waals surface area contributed by atoms with Crippen molar-refractivity contribution in [2.24, 2.45) is 0 Å². The van der Waals surface area contributed by atoms with Crippen LogP contribution in [0.1, 0.15) is 22.1 Å². The summed E-state index contributed by atoms with van der Waals surface area (Å²) >= 11 is 0. The van der Waals surface area contributed by atoms with Crippen LogP contribution in [0.15, 0.2) is 34.9 Å². The van der Waals surface area contributed by atoms with E-state index < -0.39 is 0 Å². The zero-order chi connectivity index (χ0) is 13.7. The van der Waals surface area contributed by atoms with Crippen molar-refractivity contribution >= 4 is 5.91 Å². The number of carbonyl (C=O) groups is 1. The van der Waals surface area contributed by atoms with Gasteiger partial charge < -0.3 is 14.5 Å². The number of aryl methyl sites for hydroxylation is 1. The van der Waals surface area contributed by atoms with Gasteiger partial charge in [-0.15, -0.1) is 0 Å². The smallest absolute Gasteiger partial charge is 0.295 e. The molecule has 0 atom stereocenters. The Morgan fingerprint density at radius 3 is 2.68 bits per heavy atom. The molecule has 0 unspecified atom stereocenters. The Kier molecular flexibility index (Phi) is 4.25. The fourth-order valence-electron chi connectivity index (χ4n) is 1.70. The van der Waals surface area contributed by atoms with Crippen LogP contribution >= 0.6 is 0 Å². The lowest BCUT2D eigenvalue weighted by atomic mass is 10.2. The first-order valence-corrected chi connectivity index (χ1v) is 5.95. The number of hydrogen-bond acceptors (Lipinski definition) is 5. The third-order valence-corrected chi connectivity index (χ3v) is 2.59. The molecule has 0 radical (unpaired) electrons. The summed E-state index contributed by atoms with van der Waals surface area (Å²) in [6.45, 7) is 2.13. The van der Waals surface area contributed by atoms with E-state index in [0.717, 1.165) is 5.56 Å². The van der Waals surface area contributed by atoms with Crippen molar-refractivity contribution in [1.82, 2.24) is 15.0 Å². The van der Waals surface area contributed by atoms with Crippen LogP contribution < -0.4 is 0 Å². The maximum absolute atomic E-state index is 12.2. The Balaban J connectivity index is 2.13. The van der Waals surface area contributed by atoms with E-state index >= 15 is 0 Å². The highest BCUT2D eigenvalue weighted by molar-refractivity contribution is 5.90. The van der Waals surface area contributed by atoms with E-state index in [-0.39, 0.29) is 24.9 Å². The van der Waals surface area contributed by atoms with E-state index in [1.54, 1.807) is 6.92 Å². The van der Waals surface area contributed by atoms with Crippen molar-refractivity contribution in [3.05, 3.63) is 47.6 Å². The number of aliphatic hydroxyl groups excluding tert-OH is 1. The number of aliphatic hydroxyl groups is 1. The summed E-state index contributed by atoms with van der Waals surface area (Å²) in [7, 11) is 0. The van der Waals surface area contributed by atoms with Gasteiger partial charge in [0.05, 0.1) is 6.61 Å². The van der Waals surface area contributed by atoms with Gasteiger partial charge in [0.2, 0.25) is 5.89 Å². The van der Waals surface area contributed by atoms with Crippen molar-refractivity contribution in [2.75, 3.05) is 13.2 Å². The van der Waals surface area contributed by atoms with Gasteiger partial charge in [0.1, 0.15) is 0 Å². The quantitative estimate of drug-likeness (QED) is 0.869. The van der Waals surface area contributed by atoms with Gasteiger partial charge in [-0.05, 0) is 5.56 Å². The molecule has 6 nitrogen and oxygen atoms in total. The van der Waals surface area contributed by atoms with Crippen molar-refractivity contribution in [3.8, 4) is 0 Å². The fraction of sp³-hybridized carbons (Fsp3) is 0.308. The van der Waals surface area contributed by atoms with Gasteiger partial charge >= 0.3 is 0 Å². The van der Waals surface area contributed by atoms with Crippen LogP contribution in [0.5, 0.6) is 0 Å². The maximum atomic E-state index is 12.2. The molecule has 0 spiro atoms. The number of hydrogen-bond donors (Lipinski definition) is 1. The summed E-state index contributed by atoms with van der Waals surface area (Å²) in [5.41, 5.74) is 0.976. The fourth-order valence-corrected chi connectivity index (χ4v) is 1.70. The summed E-state index contributed by atoms with van der Waals surface area (Å²) in [6.07, 6.45) is 0. The van der Waals surface area contributed by atoms with Crippen molar-refractivity contribution in [2.45, 2.75) is 13.5 Å². The molecule has 6 heteroatoms. The van der Waals surface area contributed by atoms with Crippen LogP contribution in [0.3, 0.4) is 0 Å². The van der Waals surface area contributed by atoms with Gasteiger partial charge in [-0.1, -0.05) is 35.5 Å². The molecule has 1 N–H and O–H groups in total. The molecular formula is C13H15N3O3. The average Bonchev–Trinajstić information content (AvgIpc) is 2.85. The van der Waals surface area contributed by atoms with Crippen molar-refractivity contribution in [1.29, 1.82) is 0 Å². The Morgan fingerprint density at radius 1 is 1.37 bits per heavy atom. The lowest BCUT2D eigenvalue weighted by Crippen LogP contribution is -2.33. The largest absolute Gasteiger partial charge is 0.395 e. The first-order chi connectivity index (χ1) is 9.20. The maximum Gasteiger partial charge on any atom is 0.295 e. The Hall–Kier alpha value is -2.21. The second-order valence-corrected chi connectivity index (χ2v) is 4.07. The highest BCUT2D eigenvalue weighted by Gasteiger charge is 2.20. The molecule has 1 amide bonds. The number of aromatic nitrogens is 2. The van der Waals surface area contributed by atoms with Gasteiger partial charge in [0, 0.05) is 20.0 Å². The summed E-state index contributed by atoms with van der Waals surface area (Å²) in [5.74, 6) is 0.00337. The average molecular weight is 261 g/mol. The molecule has 2 aromatic rings. The molecule has 100 valence electrons. The Morgan fingerprint density at radius 2 is 2.11 bits per heavy atom. The molecule has 2 rings (SSSR count). The van der Waals surface area contributed by atoms with E-state index in [9.17, 15) is 4.79 Å². The molecule has 0 fully saturated rings. The summed E-state index contributed by atoms with van der Waals surface area (Å²) in [6, 6.07) is 9.54. The summed E-state index contributed by atoms with van der Waals surface area (Å²) in [5, 5.41) is 12.7. The zero-order valence-electron chi connectivity index (χ0n) is 10.6. The monoisotopic (exact) mass is 261 g/mol. The number of carbonyl (C=O) groups excluding carboxylic acids is 1. The summed E-state index contributed by atoms with van der Waals surface area (Å²) in [4.78, 5) is 17.6. The predicted molar refractivity (Wildman–Crippen MR) is 67.3 cm³/mol. The van der Waals surface area contributed by atoms with E-state index in [4.69, 9.17) is 9.63 Å². The van der Waals surface area contributed by atoms with Crippen LogP contribution in [0.4, 0.5) is 0 Å². The minimum atomic E-state index is -0.352. The van der Waals surface area contributed by atoms with Crippen LogP contribution in [0.25, 0.3) is 0 Å². The topological polar surface area (TPSA) is 79.5 Å². The Labute approximate surface area is 110 Å². The first-order valence-electron chi connectivity index (χ1n) is 5.95. The van der Waals surface area contributed by atoms with Crippen molar-refractivity contribution in [3.63, 3.8) is 0 Å². The zero-order valence-corrected chi connectivity index (χ0v) is 10.6. The normalized spacial score (nSPS) is 10.4. The standard InChI is InChI=1S/C13H15N3O3/c1-10-14-12(15-19-10)13(18)16(7-8-17)9-11-5-3-2-4-6-11/h2-6,17H,7-9H2,1H3. The molecular weight excluding hydrogens is 246 g/mol. The molecule has 0 aliphatic carbocycles. The van der Waals surface area contributed by atoms with Gasteiger partial charge in [-0.25, -0.2) is 0 Å². The number of benzene rings is 1. The molecule has 0 saturated heterocycles. The van der Waals surface area contributed by atoms with Gasteiger partial charge in [-0.3, -0.25) is 4.79 Å². The van der Waals surface area contributed by atoms with Gasteiger partial charge in [-0.2, -0.15) is 4.98 Å². The molecule has 0 aliphatic heterocycles. The van der Waals surface area contributed by atoms with E-state index in [0.29, 0.717) is 12.4 Å². The van der Waals surface area contributed by atoms with Crippen LogP contribution in [0.2, 0.25) is 0 Å². The molecule has 19 heavy (non-hydrogen) atoms. The third kappa shape index (κ3) is 3.38. The molecule has 1 aromatic heterocycles. The van der Waals surface area contributed by atoms with E-state index in [2.05, 4.69) is 10.1 Å². The number of nitrogens with zero attached hydrogens (tertiary/aromatic N) is 3. The number of amides is 1. The lowest BCUT2D eigenvalue weighted by Gasteiger charge is -2.20. The first kappa shape index (κ1) is 13.2. The van der Waals surface area contributed by atoms with E-state index in [1.807, 2.05) is 30.3 Å². The Bertz CT molecular complexity index is 539. The third-order valence-electron chi connectivity index (χ3n) is 2.59. The summed E-state index contributed by atoms with van der Waals surface area (Å²) < 4.78 is 4.79. The predicted octanol–water partition coefficient (Wildman–Crippen LogP) is 1.01. The molecule has 1 aromatic carbocycles. The number of rotatable bonds is 5. The van der Waals surface area contributed by atoms with Crippen LogP contribution in [0, 0.1) is 6.92 Å². The van der Waals surface area contributed by atoms with E-state index in [1.165, 1.54) is 4.90 Å². The molecule has 0 bridgehead atoms. The molecule has 0 saturated carbocycles. The minimum absolute atomic E-state index is 0.0156. The molecule has 0 aliphatic rings. The second-order valence-electron chi connectivity index (χ2n) is 4.07. The SMILES string of the molecule is Cc1nc(C(=O)N(CCO)Cc2ccccc2)no1.